The molecule has 3 nitrogen and oxygen atoms in total. The zero-order valence-corrected chi connectivity index (χ0v) is 12.4. The first-order valence-corrected chi connectivity index (χ1v) is 7.25. The smallest absolute Gasteiger partial charge is 0.114 e. The van der Waals surface area contributed by atoms with Crippen molar-refractivity contribution >= 4 is 11.8 Å². The molecule has 0 radical (unpaired) electrons. The fourth-order valence-electron chi connectivity index (χ4n) is 1.89. The first-order chi connectivity index (χ1) is 8.50. The maximum absolute atomic E-state index is 9.30. The Morgan fingerprint density at radius 3 is 2.83 bits per heavy atom. The van der Waals surface area contributed by atoms with Gasteiger partial charge in [0.05, 0.1) is 12.3 Å². The van der Waals surface area contributed by atoms with Crippen molar-refractivity contribution in [3.63, 3.8) is 0 Å². The summed E-state index contributed by atoms with van der Waals surface area (Å²) in [5.74, 6) is 0.951. The van der Waals surface area contributed by atoms with Crippen LogP contribution >= 0.6 is 11.8 Å². The minimum absolute atomic E-state index is 0.371. The SMILES string of the molecule is CCCNC(C)(C#N)CC(C)Sc1ccoc1C. The summed E-state index contributed by atoms with van der Waals surface area (Å²) in [7, 11) is 0. The van der Waals surface area contributed by atoms with Gasteiger partial charge < -0.3 is 4.42 Å². The van der Waals surface area contributed by atoms with Crippen LogP contribution in [0.3, 0.4) is 0 Å². The summed E-state index contributed by atoms with van der Waals surface area (Å²) < 4.78 is 5.29. The zero-order valence-electron chi connectivity index (χ0n) is 11.6. The van der Waals surface area contributed by atoms with Gasteiger partial charge in [-0.15, -0.1) is 11.8 Å². The third kappa shape index (κ3) is 4.40. The van der Waals surface area contributed by atoms with E-state index in [-0.39, 0.29) is 0 Å². The van der Waals surface area contributed by atoms with E-state index in [1.165, 1.54) is 4.90 Å². The Bertz CT molecular complexity index is 410. The second kappa shape index (κ2) is 6.86. The number of nitrogens with zero attached hydrogens (tertiary/aromatic N) is 1. The van der Waals surface area contributed by atoms with E-state index in [0.717, 1.165) is 25.1 Å². The van der Waals surface area contributed by atoms with Crippen molar-refractivity contribution in [3.05, 3.63) is 18.1 Å². The summed E-state index contributed by atoms with van der Waals surface area (Å²) in [6.07, 6.45) is 3.57. The van der Waals surface area contributed by atoms with E-state index >= 15 is 0 Å². The summed E-state index contributed by atoms with van der Waals surface area (Å²) in [6.45, 7) is 9.08. The molecule has 1 N–H and O–H groups in total. The highest BCUT2D eigenvalue weighted by Crippen LogP contribution is 2.31. The van der Waals surface area contributed by atoms with Crippen LogP contribution in [0.1, 0.15) is 39.4 Å². The summed E-state index contributed by atoms with van der Waals surface area (Å²) in [6, 6.07) is 4.38. The molecule has 0 aliphatic rings. The highest BCUT2D eigenvalue weighted by atomic mass is 32.2. The predicted molar refractivity (Wildman–Crippen MR) is 75.7 cm³/mol. The molecule has 0 aliphatic heterocycles. The first kappa shape index (κ1) is 15.1. The highest BCUT2D eigenvalue weighted by molar-refractivity contribution is 8.00. The molecule has 0 saturated carbocycles. The van der Waals surface area contributed by atoms with Gasteiger partial charge in [0.25, 0.3) is 0 Å². The van der Waals surface area contributed by atoms with Gasteiger partial charge in [-0.25, -0.2) is 0 Å². The molecule has 18 heavy (non-hydrogen) atoms. The largest absolute Gasteiger partial charge is 0.468 e. The van der Waals surface area contributed by atoms with Gasteiger partial charge in [0.1, 0.15) is 11.3 Å². The fourth-order valence-corrected chi connectivity index (χ4v) is 3.09. The van der Waals surface area contributed by atoms with E-state index in [2.05, 4.69) is 25.2 Å². The molecule has 0 bridgehead atoms. The normalized spacial score (nSPS) is 15.9. The van der Waals surface area contributed by atoms with Crippen molar-refractivity contribution in [1.82, 2.24) is 5.32 Å². The van der Waals surface area contributed by atoms with Crippen molar-refractivity contribution in [2.75, 3.05) is 6.54 Å². The Hall–Kier alpha value is -0.920. The second-order valence-corrected chi connectivity index (χ2v) is 6.32. The molecule has 1 heterocycles. The van der Waals surface area contributed by atoms with E-state index in [1.54, 1.807) is 18.0 Å². The van der Waals surface area contributed by atoms with Crippen LogP contribution in [-0.4, -0.2) is 17.3 Å². The number of nitrogens with one attached hydrogen (secondary N) is 1. The Labute approximate surface area is 114 Å². The quantitative estimate of drug-likeness (QED) is 0.764. The van der Waals surface area contributed by atoms with Crippen molar-refractivity contribution in [3.8, 4) is 6.07 Å². The average molecular weight is 266 g/mol. The fraction of sp³-hybridized carbons (Fsp3) is 0.643. The molecule has 0 amide bonds. The first-order valence-electron chi connectivity index (χ1n) is 6.38. The number of hydrogen-bond donors (Lipinski definition) is 1. The third-order valence-corrected chi connectivity index (χ3v) is 4.09. The minimum atomic E-state index is -0.444. The van der Waals surface area contributed by atoms with Crippen LogP contribution in [0.4, 0.5) is 0 Å². The van der Waals surface area contributed by atoms with Gasteiger partial charge in [0, 0.05) is 10.1 Å². The second-order valence-electron chi connectivity index (χ2n) is 4.84. The lowest BCUT2D eigenvalue weighted by molar-refractivity contribution is 0.418. The van der Waals surface area contributed by atoms with Gasteiger partial charge in [-0.3, -0.25) is 5.32 Å². The number of aryl methyl sites for hydroxylation is 1. The topological polar surface area (TPSA) is 49.0 Å². The lowest BCUT2D eigenvalue weighted by Gasteiger charge is -2.26. The lowest BCUT2D eigenvalue weighted by atomic mass is 9.98. The third-order valence-electron chi connectivity index (χ3n) is 2.85. The molecule has 0 spiro atoms. The van der Waals surface area contributed by atoms with Gasteiger partial charge in [-0.05, 0) is 39.3 Å². The van der Waals surface area contributed by atoms with E-state index in [0.29, 0.717) is 5.25 Å². The van der Waals surface area contributed by atoms with Gasteiger partial charge in [-0.1, -0.05) is 13.8 Å². The minimum Gasteiger partial charge on any atom is -0.468 e. The van der Waals surface area contributed by atoms with Crippen molar-refractivity contribution in [1.29, 1.82) is 5.26 Å². The van der Waals surface area contributed by atoms with E-state index in [9.17, 15) is 5.26 Å². The molecule has 2 atom stereocenters. The molecule has 100 valence electrons. The Morgan fingerprint density at radius 2 is 2.33 bits per heavy atom. The number of furan rings is 1. The summed E-state index contributed by atoms with van der Waals surface area (Å²) in [5, 5.41) is 13.0. The molecular formula is C14H22N2OS. The van der Waals surface area contributed by atoms with Gasteiger partial charge >= 0.3 is 0 Å². The van der Waals surface area contributed by atoms with Crippen LogP contribution < -0.4 is 5.32 Å². The van der Waals surface area contributed by atoms with E-state index < -0.39 is 5.54 Å². The zero-order chi connectivity index (χ0) is 13.6. The number of thioether (sulfide) groups is 1. The van der Waals surface area contributed by atoms with Crippen LogP contribution in [0.5, 0.6) is 0 Å². The van der Waals surface area contributed by atoms with Crippen molar-refractivity contribution < 1.29 is 4.42 Å². The maximum atomic E-state index is 9.30. The van der Waals surface area contributed by atoms with Crippen LogP contribution in [0.25, 0.3) is 0 Å². The number of hydrogen-bond acceptors (Lipinski definition) is 4. The van der Waals surface area contributed by atoms with Crippen molar-refractivity contribution in [2.45, 2.75) is 56.2 Å². The molecule has 2 unspecified atom stereocenters. The summed E-state index contributed by atoms with van der Waals surface area (Å²) >= 11 is 1.77. The Morgan fingerprint density at radius 1 is 1.61 bits per heavy atom. The predicted octanol–water partition coefficient (Wildman–Crippen LogP) is 3.74. The van der Waals surface area contributed by atoms with E-state index in [4.69, 9.17) is 4.42 Å². The maximum Gasteiger partial charge on any atom is 0.114 e. The van der Waals surface area contributed by atoms with E-state index in [1.807, 2.05) is 19.9 Å². The van der Waals surface area contributed by atoms with Gasteiger partial charge in [-0.2, -0.15) is 5.26 Å². The Balaban J connectivity index is 2.55. The van der Waals surface area contributed by atoms with Crippen LogP contribution in [0.2, 0.25) is 0 Å². The molecule has 1 aromatic heterocycles. The molecule has 0 saturated heterocycles. The molecule has 0 aromatic carbocycles. The van der Waals surface area contributed by atoms with Crippen LogP contribution in [-0.2, 0) is 0 Å². The highest BCUT2D eigenvalue weighted by Gasteiger charge is 2.26. The standard InChI is InChI=1S/C14H22N2OS/c1-5-7-16-14(4,10-15)9-11(2)18-13-6-8-17-12(13)3/h6,8,11,16H,5,7,9H2,1-4H3. The number of rotatable bonds is 7. The average Bonchev–Trinajstić information content (AvgIpc) is 2.72. The molecular weight excluding hydrogens is 244 g/mol. The molecule has 0 fully saturated rings. The molecule has 0 aliphatic carbocycles. The molecule has 4 heteroatoms. The van der Waals surface area contributed by atoms with Crippen LogP contribution in [0.15, 0.2) is 21.6 Å². The number of nitriles is 1. The Kier molecular flexibility index (Phi) is 5.77. The monoisotopic (exact) mass is 266 g/mol. The van der Waals surface area contributed by atoms with Gasteiger partial charge in [0.2, 0.25) is 0 Å². The summed E-state index contributed by atoms with van der Waals surface area (Å²) in [4.78, 5) is 1.17. The summed E-state index contributed by atoms with van der Waals surface area (Å²) in [5.41, 5.74) is -0.444. The van der Waals surface area contributed by atoms with Crippen LogP contribution in [0, 0.1) is 18.3 Å². The lowest BCUT2D eigenvalue weighted by Crippen LogP contribution is -2.43. The van der Waals surface area contributed by atoms with Gasteiger partial charge in [0.15, 0.2) is 0 Å². The molecule has 1 rings (SSSR count). The van der Waals surface area contributed by atoms with Crippen molar-refractivity contribution in [2.24, 2.45) is 0 Å². The molecule has 1 aromatic rings.